The minimum Gasteiger partial charge on any atom is -0.473 e. The van der Waals surface area contributed by atoms with Gasteiger partial charge in [0.05, 0.1) is 36.0 Å². The fourth-order valence-corrected chi connectivity index (χ4v) is 4.61. The van der Waals surface area contributed by atoms with Crippen molar-refractivity contribution in [2.24, 2.45) is 0 Å². The molecule has 2 heterocycles. The molecule has 0 spiro atoms. The number of benzene rings is 3. The molecular formula is C31H26ClF2N3O4. The molecule has 0 bridgehead atoms. The van der Waals surface area contributed by atoms with E-state index >= 15 is 4.39 Å². The van der Waals surface area contributed by atoms with Gasteiger partial charge in [-0.25, -0.2) is 23.5 Å². The summed E-state index contributed by atoms with van der Waals surface area (Å²) in [5, 5.41) is 0.303. The molecule has 0 atom stereocenters. The summed E-state index contributed by atoms with van der Waals surface area (Å²) in [6, 6.07) is 19.5. The summed E-state index contributed by atoms with van der Waals surface area (Å²) in [4.78, 5) is 21.2. The highest BCUT2D eigenvalue weighted by molar-refractivity contribution is 6.30. The first-order valence-electron chi connectivity index (χ1n) is 12.7. The predicted molar refractivity (Wildman–Crippen MR) is 151 cm³/mol. The van der Waals surface area contributed by atoms with Crippen molar-refractivity contribution in [3.05, 3.63) is 112 Å². The second kappa shape index (κ2) is 12.4. The third kappa shape index (κ3) is 6.37. The molecule has 5 aromatic rings. The van der Waals surface area contributed by atoms with E-state index in [9.17, 15) is 9.18 Å². The van der Waals surface area contributed by atoms with Gasteiger partial charge in [0, 0.05) is 42.3 Å². The lowest BCUT2D eigenvalue weighted by molar-refractivity contribution is 0.0601. The Balaban J connectivity index is 1.37. The Morgan fingerprint density at radius 2 is 1.73 bits per heavy atom. The Labute approximate surface area is 240 Å². The van der Waals surface area contributed by atoms with Crippen LogP contribution in [0.2, 0.25) is 5.02 Å². The van der Waals surface area contributed by atoms with E-state index in [-0.39, 0.29) is 18.9 Å². The standard InChI is InChI=1S/C31H26ClF2N3O4/c1-39-13-12-37-28-15-21(31(38)40-2)9-11-27(28)35-29(37)16-19-6-7-20(14-24(19)33)26-4-3-5-30(36-26)41-18-22-8-10-23(32)17-25(22)34/h3-11,14-15,17H,12-13,16,18H2,1-2H3. The monoisotopic (exact) mass is 577 g/mol. The number of rotatable bonds is 10. The maximum absolute atomic E-state index is 15.4. The van der Waals surface area contributed by atoms with E-state index in [1.54, 1.807) is 67.8 Å². The lowest BCUT2D eigenvalue weighted by Crippen LogP contribution is -2.10. The molecule has 0 unspecified atom stereocenters. The Morgan fingerprint density at radius 1 is 0.927 bits per heavy atom. The van der Waals surface area contributed by atoms with E-state index in [4.69, 9.17) is 30.8 Å². The van der Waals surface area contributed by atoms with Crippen molar-refractivity contribution in [2.45, 2.75) is 19.6 Å². The van der Waals surface area contributed by atoms with Gasteiger partial charge in [0.2, 0.25) is 5.88 Å². The van der Waals surface area contributed by atoms with Crippen molar-refractivity contribution in [1.82, 2.24) is 14.5 Å². The van der Waals surface area contributed by atoms with E-state index in [0.29, 0.717) is 57.5 Å². The fraction of sp³-hybridized carbons (Fsp3) is 0.194. The second-order valence-electron chi connectivity index (χ2n) is 9.24. The Kier molecular flexibility index (Phi) is 8.56. The predicted octanol–water partition coefficient (Wildman–Crippen LogP) is 6.63. The van der Waals surface area contributed by atoms with Crippen LogP contribution < -0.4 is 4.74 Å². The highest BCUT2D eigenvalue weighted by Crippen LogP contribution is 2.26. The first-order valence-corrected chi connectivity index (χ1v) is 13.1. The van der Waals surface area contributed by atoms with Gasteiger partial charge in [-0.3, -0.25) is 0 Å². The van der Waals surface area contributed by atoms with E-state index < -0.39 is 17.6 Å². The smallest absolute Gasteiger partial charge is 0.337 e. The molecule has 7 nitrogen and oxygen atoms in total. The number of pyridine rings is 1. The van der Waals surface area contributed by atoms with Crippen molar-refractivity contribution in [3.8, 4) is 17.1 Å². The van der Waals surface area contributed by atoms with Crippen LogP contribution >= 0.6 is 11.6 Å². The van der Waals surface area contributed by atoms with Crippen molar-refractivity contribution in [3.63, 3.8) is 0 Å². The third-order valence-electron chi connectivity index (χ3n) is 6.58. The summed E-state index contributed by atoms with van der Waals surface area (Å²) >= 11 is 5.81. The summed E-state index contributed by atoms with van der Waals surface area (Å²) in [6.45, 7) is 0.859. The van der Waals surface area contributed by atoms with Crippen LogP contribution in [0, 0.1) is 11.6 Å². The molecule has 0 amide bonds. The largest absolute Gasteiger partial charge is 0.473 e. The summed E-state index contributed by atoms with van der Waals surface area (Å²) < 4.78 is 47.2. The summed E-state index contributed by atoms with van der Waals surface area (Å²) in [5.74, 6) is -0.423. The molecule has 0 aliphatic carbocycles. The SMILES string of the molecule is COCCn1c(Cc2ccc(-c3cccc(OCc4ccc(Cl)cc4F)n3)cc2F)nc2ccc(C(=O)OC)cc21. The first kappa shape index (κ1) is 28.2. The van der Waals surface area contributed by atoms with E-state index in [1.807, 2.05) is 4.57 Å². The van der Waals surface area contributed by atoms with Crippen molar-refractivity contribution in [1.29, 1.82) is 0 Å². The zero-order valence-electron chi connectivity index (χ0n) is 22.4. The molecule has 0 fully saturated rings. The van der Waals surface area contributed by atoms with E-state index in [1.165, 1.54) is 19.2 Å². The van der Waals surface area contributed by atoms with Crippen molar-refractivity contribution >= 4 is 28.6 Å². The van der Waals surface area contributed by atoms with Crippen molar-refractivity contribution in [2.75, 3.05) is 20.8 Å². The van der Waals surface area contributed by atoms with Gasteiger partial charge in [-0.1, -0.05) is 35.9 Å². The number of hydrogen-bond donors (Lipinski definition) is 0. The molecule has 41 heavy (non-hydrogen) atoms. The number of aromatic nitrogens is 3. The quantitative estimate of drug-likeness (QED) is 0.173. The normalized spacial score (nSPS) is 11.1. The van der Waals surface area contributed by atoms with Crippen LogP contribution in [0.15, 0.2) is 72.8 Å². The van der Waals surface area contributed by atoms with Crippen LogP contribution in [0.1, 0.15) is 27.3 Å². The fourth-order valence-electron chi connectivity index (χ4n) is 4.45. The van der Waals surface area contributed by atoms with E-state index in [2.05, 4.69) is 4.98 Å². The molecule has 0 N–H and O–H groups in total. The molecule has 0 aliphatic rings. The summed E-state index contributed by atoms with van der Waals surface area (Å²) in [7, 11) is 2.93. The summed E-state index contributed by atoms with van der Waals surface area (Å²) in [5.41, 5.74) is 3.67. The third-order valence-corrected chi connectivity index (χ3v) is 6.81. The average molecular weight is 578 g/mol. The molecule has 3 aromatic carbocycles. The van der Waals surface area contributed by atoms with Crippen LogP contribution in [0.4, 0.5) is 8.78 Å². The minimum absolute atomic E-state index is 0.0298. The number of ether oxygens (including phenoxy) is 3. The van der Waals surface area contributed by atoms with Gasteiger partial charge >= 0.3 is 5.97 Å². The molecule has 2 aromatic heterocycles. The van der Waals surface area contributed by atoms with Gasteiger partial charge in [0.25, 0.3) is 0 Å². The van der Waals surface area contributed by atoms with Gasteiger partial charge in [-0.05, 0) is 48.0 Å². The topological polar surface area (TPSA) is 75.5 Å². The Bertz CT molecular complexity index is 1720. The van der Waals surface area contributed by atoms with E-state index in [0.717, 1.165) is 5.52 Å². The molecule has 0 aliphatic heterocycles. The summed E-state index contributed by atoms with van der Waals surface area (Å²) in [6.07, 6.45) is 0.224. The Morgan fingerprint density at radius 3 is 2.49 bits per heavy atom. The highest BCUT2D eigenvalue weighted by atomic mass is 35.5. The number of carbonyl (C=O) groups excluding carboxylic acids is 1. The number of methoxy groups -OCH3 is 2. The second-order valence-corrected chi connectivity index (χ2v) is 9.67. The van der Waals surface area contributed by atoms with Gasteiger partial charge < -0.3 is 18.8 Å². The highest BCUT2D eigenvalue weighted by Gasteiger charge is 2.17. The number of nitrogens with zero attached hydrogens (tertiary/aromatic N) is 3. The molecule has 5 rings (SSSR count). The van der Waals surface area contributed by atoms with Gasteiger partial charge in [-0.2, -0.15) is 0 Å². The van der Waals surface area contributed by atoms with Gasteiger partial charge in [-0.15, -0.1) is 0 Å². The molecular weight excluding hydrogens is 552 g/mol. The first-order chi connectivity index (χ1) is 19.9. The van der Waals surface area contributed by atoms with Crippen LogP contribution in [0.3, 0.4) is 0 Å². The zero-order chi connectivity index (χ0) is 28.9. The maximum Gasteiger partial charge on any atom is 0.337 e. The van der Waals surface area contributed by atoms with Crippen LogP contribution in [0.5, 0.6) is 5.88 Å². The Hall–Kier alpha value is -4.34. The average Bonchev–Trinajstić information content (AvgIpc) is 3.32. The number of carbonyl (C=O) groups is 1. The molecule has 210 valence electrons. The van der Waals surface area contributed by atoms with Crippen LogP contribution in [-0.2, 0) is 29.0 Å². The lowest BCUT2D eigenvalue weighted by Gasteiger charge is -2.11. The number of fused-ring (bicyclic) bond motifs is 1. The molecule has 0 saturated heterocycles. The molecule has 0 radical (unpaired) electrons. The number of halogens is 3. The van der Waals surface area contributed by atoms with Crippen molar-refractivity contribution < 1.29 is 27.8 Å². The maximum atomic E-state index is 15.4. The zero-order valence-corrected chi connectivity index (χ0v) is 23.1. The van der Waals surface area contributed by atoms with Crippen LogP contribution in [0.25, 0.3) is 22.3 Å². The van der Waals surface area contributed by atoms with Crippen LogP contribution in [-0.4, -0.2) is 41.3 Å². The van der Waals surface area contributed by atoms with Gasteiger partial charge in [0.15, 0.2) is 0 Å². The number of hydrogen-bond acceptors (Lipinski definition) is 6. The molecule has 0 saturated carbocycles. The van der Waals surface area contributed by atoms with Gasteiger partial charge in [0.1, 0.15) is 24.1 Å². The lowest BCUT2D eigenvalue weighted by atomic mass is 10.1. The molecule has 10 heteroatoms. The number of esters is 1. The number of imidazole rings is 1. The minimum atomic E-state index is -0.467.